The van der Waals surface area contributed by atoms with Gasteiger partial charge in [0, 0.05) is 19.4 Å². The molecule has 3 rings (SSSR count). The van der Waals surface area contributed by atoms with E-state index in [1.807, 2.05) is 0 Å². The SMILES string of the molecule is FC(F)(F)c1nn(C2CCOCC2)c2nc(Cl)ncc12. The van der Waals surface area contributed by atoms with Crippen LogP contribution in [0.2, 0.25) is 5.28 Å². The Balaban J connectivity index is 2.17. The summed E-state index contributed by atoms with van der Waals surface area (Å²) in [4.78, 5) is 7.52. The van der Waals surface area contributed by atoms with Gasteiger partial charge in [0.15, 0.2) is 11.3 Å². The van der Waals surface area contributed by atoms with Gasteiger partial charge in [-0.25, -0.2) is 9.67 Å². The predicted molar refractivity (Wildman–Crippen MR) is 64.4 cm³/mol. The van der Waals surface area contributed by atoms with Crippen molar-refractivity contribution in [3.63, 3.8) is 0 Å². The van der Waals surface area contributed by atoms with Crippen LogP contribution in [0, 0.1) is 0 Å². The molecule has 0 amide bonds. The Morgan fingerprint density at radius 3 is 2.65 bits per heavy atom. The monoisotopic (exact) mass is 306 g/mol. The van der Waals surface area contributed by atoms with Crippen molar-refractivity contribution in [2.75, 3.05) is 13.2 Å². The van der Waals surface area contributed by atoms with Gasteiger partial charge in [-0.3, -0.25) is 0 Å². The van der Waals surface area contributed by atoms with Crippen molar-refractivity contribution in [1.82, 2.24) is 19.7 Å². The summed E-state index contributed by atoms with van der Waals surface area (Å²) >= 11 is 5.68. The van der Waals surface area contributed by atoms with E-state index in [-0.39, 0.29) is 22.4 Å². The van der Waals surface area contributed by atoms with Gasteiger partial charge in [-0.2, -0.15) is 23.3 Å². The standard InChI is InChI=1S/C11H10ClF3N4O/c12-10-16-5-7-8(11(13,14)15)18-19(9(7)17-10)6-1-3-20-4-2-6/h5-6H,1-4H2. The zero-order valence-corrected chi connectivity index (χ0v) is 10.9. The van der Waals surface area contributed by atoms with Crippen LogP contribution in [-0.2, 0) is 10.9 Å². The Kier molecular flexibility index (Phi) is 3.29. The molecule has 108 valence electrons. The summed E-state index contributed by atoms with van der Waals surface area (Å²) in [6.07, 6.45) is -2.30. The first-order valence-electron chi connectivity index (χ1n) is 6.02. The molecule has 0 aliphatic carbocycles. The number of nitrogens with zero attached hydrogens (tertiary/aromatic N) is 4. The van der Waals surface area contributed by atoms with Gasteiger partial charge in [0.25, 0.3) is 0 Å². The minimum absolute atomic E-state index is 0.0977. The van der Waals surface area contributed by atoms with Gasteiger partial charge in [-0.15, -0.1) is 0 Å². The molecule has 1 fully saturated rings. The lowest BCUT2D eigenvalue weighted by atomic mass is 10.1. The second-order valence-corrected chi connectivity index (χ2v) is 4.85. The molecular formula is C11H10ClF3N4O. The van der Waals surface area contributed by atoms with Crippen molar-refractivity contribution >= 4 is 22.6 Å². The quantitative estimate of drug-likeness (QED) is 0.760. The minimum Gasteiger partial charge on any atom is -0.381 e. The number of aromatic nitrogens is 4. The highest BCUT2D eigenvalue weighted by Gasteiger charge is 2.38. The van der Waals surface area contributed by atoms with E-state index in [1.54, 1.807) is 0 Å². The van der Waals surface area contributed by atoms with Crippen LogP contribution in [0.3, 0.4) is 0 Å². The van der Waals surface area contributed by atoms with Gasteiger partial charge < -0.3 is 4.74 Å². The maximum absolute atomic E-state index is 13.0. The van der Waals surface area contributed by atoms with Gasteiger partial charge in [0.1, 0.15) is 0 Å². The molecule has 0 atom stereocenters. The first kappa shape index (κ1) is 13.6. The normalized spacial score (nSPS) is 17.8. The molecule has 0 radical (unpaired) electrons. The molecule has 0 bridgehead atoms. The second kappa shape index (κ2) is 4.85. The first-order valence-corrected chi connectivity index (χ1v) is 6.40. The number of hydrogen-bond donors (Lipinski definition) is 0. The van der Waals surface area contributed by atoms with E-state index in [0.717, 1.165) is 6.20 Å². The fourth-order valence-corrected chi connectivity index (χ4v) is 2.43. The third-order valence-corrected chi connectivity index (χ3v) is 3.41. The molecule has 0 saturated carbocycles. The van der Waals surface area contributed by atoms with E-state index in [4.69, 9.17) is 16.3 Å². The molecule has 2 aromatic rings. The molecule has 5 nitrogen and oxygen atoms in total. The number of alkyl halides is 3. The molecule has 9 heteroatoms. The van der Waals surface area contributed by atoms with E-state index in [1.165, 1.54) is 4.68 Å². The summed E-state index contributed by atoms with van der Waals surface area (Å²) in [6, 6.07) is -0.173. The Hall–Kier alpha value is -1.41. The second-order valence-electron chi connectivity index (χ2n) is 4.51. The Labute approximate surface area is 116 Å². The number of hydrogen-bond acceptors (Lipinski definition) is 4. The summed E-state index contributed by atoms with van der Waals surface area (Å²) in [5.74, 6) is 0. The van der Waals surface area contributed by atoms with Crippen LogP contribution in [0.5, 0.6) is 0 Å². The van der Waals surface area contributed by atoms with Crippen molar-refractivity contribution in [3.8, 4) is 0 Å². The van der Waals surface area contributed by atoms with Crippen LogP contribution >= 0.6 is 11.6 Å². The van der Waals surface area contributed by atoms with Crippen LogP contribution in [-0.4, -0.2) is 33.0 Å². The van der Waals surface area contributed by atoms with Gasteiger partial charge in [0.2, 0.25) is 5.28 Å². The Morgan fingerprint density at radius 2 is 2.00 bits per heavy atom. The Morgan fingerprint density at radius 1 is 1.30 bits per heavy atom. The number of ether oxygens (including phenoxy) is 1. The molecule has 0 spiro atoms. The van der Waals surface area contributed by atoms with Crippen molar-refractivity contribution in [2.45, 2.75) is 25.1 Å². The van der Waals surface area contributed by atoms with Crippen LogP contribution in [0.15, 0.2) is 6.20 Å². The van der Waals surface area contributed by atoms with Crippen LogP contribution < -0.4 is 0 Å². The molecule has 1 aliphatic heterocycles. The topological polar surface area (TPSA) is 52.8 Å². The molecular weight excluding hydrogens is 297 g/mol. The maximum atomic E-state index is 13.0. The fraction of sp³-hybridized carbons (Fsp3) is 0.545. The number of rotatable bonds is 1. The van der Waals surface area contributed by atoms with Gasteiger partial charge >= 0.3 is 6.18 Å². The molecule has 20 heavy (non-hydrogen) atoms. The average molecular weight is 307 g/mol. The molecule has 0 unspecified atom stereocenters. The third-order valence-electron chi connectivity index (χ3n) is 3.22. The smallest absolute Gasteiger partial charge is 0.381 e. The van der Waals surface area contributed by atoms with E-state index in [0.29, 0.717) is 26.1 Å². The highest BCUT2D eigenvalue weighted by molar-refractivity contribution is 6.28. The lowest BCUT2D eigenvalue weighted by Gasteiger charge is -2.22. The number of fused-ring (bicyclic) bond motifs is 1. The van der Waals surface area contributed by atoms with E-state index in [2.05, 4.69) is 15.1 Å². The van der Waals surface area contributed by atoms with Crippen LogP contribution in [0.1, 0.15) is 24.6 Å². The predicted octanol–water partition coefficient (Wildman–Crippen LogP) is 2.85. The zero-order valence-electron chi connectivity index (χ0n) is 10.2. The Bertz CT molecular complexity index is 636. The van der Waals surface area contributed by atoms with Gasteiger partial charge in [0.05, 0.1) is 11.4 Å². The summed E-state index contributed by atoms with van der Waals surface area (Å²) in [7, 11) is 0. The summed E-state index contributed by atoms with van der Waals surface area (Å²) < 4.78 is 45.5. The molecule has 0 aromatic carbocycles. The summed E-state index contributed by atoms with van der Waals surface area (Å²) in [5.41, 5.74) is -0.861. The lowest BCUT2D eigenvalue weighted by Crippen LogP contribution is -2.21. The average Bonchev–Trinajstić information content (AvgIpc) is 2.78. The summed E-state index contributed by atoms with van der Waals surface area (Å²) in [5, 5.41) is 3.47. The molecule has 1 aliphatic rings. The van der Waals surface area contributed by atoms with Gasteiger partial charge in [-0.05, 0) is 24.4 Å². The third kappa shape index (κ3) is 2.33. The van der Waals surface area contributed by atoms with Crippen molar-refractivity contribution in [2.24, 2.45) is 0 Å². The molecule has 3 heterocycles. The molecule has 2 aromatic heterocycles. The number of halogens is 4. The van der Waals surface area contributed by atoms with Crippen molar-refractivity contribution in [3.05, 3.63) is 17.2 Å². The van der Waals surface area contributed by atoms with Crippen LogP contribution in [0.4, 0.5) is 13.2 Å². The lowest BCUT2D eigenvalue weighted by molar-refractivity contribution is -0.140. The largest absolute Gasteiger partial charge is 0.435 e. The highest BCUT2D eigenvalue weighted by Crippen LogP contribution is 2.35. The highest BCUT2D eigenvalue weighted by atomic mass is 35.5. The fourth-order valence-electron chi connectivity index (χ4n) is 2.30. The molecule has 0 N–H and O–H groups in total. The van der Waals surface area contributed by atoms with Crippen molar-refractivity contribution < 1.29 is 17.9 Å². The minimum atomic E-state index is -4.55. The zero-order chi connectivity index (χ0) is 14.3. The van der Waals surface area contributed by atoms with Crippen molar-refractivity contribution in [1.29, 1.82) is 0 Å². The maximum Gasteiger partial charge on any atom is 0.435 e. The van der Waals surface area contributed by atoms with E-state index >= 15 is 0 Å². The van der Waals surface area contributed by atoms with E-state index < -0.39 is 11.9 Å². The summed E-state index contributed by atoms with van der Waals surface area (Å²) in [6.45, 7) is 0.984. The van der Waals surface area contributed by atoms with Crippen LogP contribution in [0.25, 0.3) is 11.0 Å². The van der Waals surface area contributed by atoms with E-state index in [9.17, 15) is 13.2 Å². The van der Waals surface area contributed by atoms with Gasteiger partial charge in [-0.1, -0.05) is 0 Å². The first-order chi connectivity index (χ1) is 9.47. The molecule has 1 saturated heterocycles.